The van der Waals surface area contributed by atoms with Gasteiger partial charge in [-0.15, -0.1) is 0 Å². The molecule has 1 heterocycles. The van der Waals surface area contributed by atoms with Crippen molar-refractivity contribution >= 4 is 0 Å². The van der Waals surface area contributed by atoms with E-state index in [-0.39, 0.29) is 0 Å². The molecule has 0 N–H and O–H groups in total. The summed E-state index contributed by atoms with van der Waals surface area (Å²) < 4.78 is 0. The van der Waals surface area contributed by atoms with Crippen molar-refractivity contribution in [2.75, 3.05) is 0 Å². The first-order valence-corrected chi connectivity index (χ1v) is 4.20. The lowest BCUT2D eigenvalue weighted by molar-refractivity contribution is 0.655. The first-order chi connectivity index (χ1) is 6.27. The van der Waals surface area contributed by atoms with Gasteiger partial charge in [-0.3, -0.25) is 0 Å². The largest absolute Gasteiger partial charge is 0.187 e. The molecule has 0 spiro atoms. The lowest BCUT2D eigenvalue weighted by atomic mass is 10.1. The van der Waals surface area contributed by atoms with E-state index in [1.807, 2.05) is 19.2 Å². The fourth-order valence-corrected chi connectivity index (χ4v) is 1.33. The Kier molecular flexibility index (Phi) is 1.85. The third-order valence-electron chi connectivity index (χ3n) is 2.02. The van der Waals surface area contributed by atoms with Gasteiger partial charge in [0, 0.05) is 12.6 Å². The zero-order chi connectivity index (χ0) is 9.26. The normalized spacial score (nSPS) is 10.3. The highest BCUT2D eigenvalue weighted by Gasteiger charge is 2.03. The lowest BCUT2D eigenvalue weighted by Gasteiger charge is -1.99. The van der Waals surface area contributed by atoms with Crippen LogP contribution in [0.2, 0.25) is 0 Å². The molecule has 3 nitrogen and oxygen atoms in total. The van der Waals surface area contributed by atoms with Crippen LogP contribution in [0.25, 0.3) is 11.3 Å². The van der Waals surface area contributed by atoms with Crippen LogP contribution in [-0.4, -0.2) is 15.0 Å². The Morgan fingerprint density at radius 2 is 2.00 bits per heavy atom. The Bertz CT molecular complexity index is 418. The third kappa shape index (κ3) is 1.45. The van der Waals surface area contributed by atoms with Crippen molar-refractivity contribution < 1.29 is 0 Å². The van der Waals surface area contributed by atoms with Crippen LogP contribution >= 0.6 is 0 Å². The van der Waals surface area contributed by atoms with Gasteiger partial charge in [0.15, 0.2) is 0 Å². The molecule has 0 atom stereocenters. The van der Waals surface area contributed by atoms with E-state index in [0.29, 0.717) is 0 Å². The van der Waals surface area contributed by atoms with E-state index < -0.39 is 0 Å². The standard InChI is InChI=1S/C10H11N3/c1-8-5-3-4-6-9(8)10-7-11-13(2)12-10/h3-7H,1-2H3. The molecule has 0 saturated heterocycles. The molecule has 0 aliphatic rings. The number of aryl methyl sites for hydroxylation is 2. The maximum Gasteiger partial charge on any atom is 0.113 e. The highest BCUT2D eigenvalue weighted by Crippen LogP contribution is 2.19. The van der Waals surface area contributed by atoms with Crippen molar-refractivity contribution in [2.45, 2.75) is 6.92 Å². The molecule has 2 aromatic rings. The molecule has 0 radical (unpaired) electrons. The molecule has 0 saturated carbocycles. The molecular formula is C10H11N3. The molecule has 3 heteroatoms. The summed E-state index contributed by atoms with van der Waals surface area (Å²) in [6.07, 6.45) is 1.78. The average molecular weight is 173 g/mol. The van der Waals surface area contributed by atoms with Gasteiger partial charge in [0.2, 0.25) is 0 Å². The fourth-order valence-electron chi connectivity index (χ4n) is 1.33. The summed E-state index contributed by atoms with van der Waals surface area (Å²) in [5.41, 5.74) is 3.30. The molecule has 1 aromatic carbocycles. The number of rotatable bonds is 1. The predicted octanol–water partition coefficient (Wildman–Crippen LogP) is 1.79. The maximum absolute atomic E-state index is 4.25. The summed E-state index contributed by atoms with van der Waals surface area (Å²) in [4.78, 5) is 1.57. The first-order valence-electron chi connectivity index (χ1n) is 4.20. The van der Waals surface area contributed by atoms with Gasteiger partial charge < -0.3 is 0 Å². The van der Waals surface area contributed by atoms with Gasteiger partial charge >= 0.3 is 0 Å². The van der Waals surface area contributed by atoms with Crippen LogP contribution in [0.15, 0.2) is 30.5 Å². The summed E-state index contributed by atoms with van der Waals surface area (Å²) in [5, 5.41) is 8.29. The molecule has 0 bridgehead atoms. The smallest absolute Gasteiger partial charge is 0.113 e. The van der Waals surface area contributed by atoms with Crippen LogP contribution in [0.4, 0.5) is 0 Å². The van der Waals surface area contributed by atoms with Crippen LogP contribution in [0.3, 0.4) is 0 Å². The molecule has 0 aliphatic carbocycles. The summed E-state index contributed by atoms with van der Waals surface area (Å²) in [6, 6.07) is 8.16. The van der Waals surface area contributed by atoms with Gasteiger partial charge in [0.25, 0.3) is 0 Å². The molecule has 0 fully saturated rings. The van der Waals surface area contributed by atoms with Crippen molar-refractivity contribution in [2.24, 2.45) is 7.05 Å². The van der Waals surface area contributed by atoms with Gasteiger partial charge in [0.05, 0.1) is 6.20 Å². The predicted molar refractivity (Wildman–Crippen MR) is 51.2 cm³/mol. The van der Waals surface area contributed by atoms with E-state index in [0.717, 1.165) is 11.3 Å². The molecule has 0 unspecified atom stereocenters. The van der Waals surface area contributed by atoms with E-state index >= 15 is 0 Å². The van der Waals surface area contributed by atoms with Crippen molar-refractivity contribution in [1.82, 2.24) is 15.0 Å². The van der Waals surface area contributed by atoms with Crippen LogP contribution in [0.5, 0.6) is 0 Å². The first kappa shape index (κ1) is 7.98. The Morgan fingerprint density at radius 1 is 1.23 bits per heavy atom. The van der Waals surface area contributed by atoms with Crippen LogP contribution < -0.4 is 0 Å². The van der Waals surface area contributed by atoms with E-state index in [1.165, 1.54) is 5.56 Å². The Hall–Kier alpha value is -1.64. The zero-order valence-electron chi connectivity index (χ0n) is 7.73. The number of hydrogen-bond donors (Lipinski definition) is 0. The van der Waals surface area contributed by atoms with E-state index in [4.69, 9.17) is 0 Å². The van der Waals surface area contributed by atoms with Gasteiger partial charge in [-0.25, -0.2) is 0 Å². The number of benzene rings is 1. The topological polar surface area (TPSA) is 30.7 Å². The second kappa shape index (κ2) is 3.01. The van der Waals surface area contributed by atoms with Crippen molar-refractivity contribution in [1.29, 1.82) is 0 Å². The minimum absolute atomic E-state index is 0.931. The molecule has 0 aliphatic heterocycles. The van der Waals surface area contributed by atoms with E-state index in [2.05, 4.69) is 29.3 Å². The molecule has 2 rings (SSSR count). The molecule has 0 amide bonds. The molecule has 13 heavy (non-hydrogen) atoms. The number of aromatic nitrogens is 3. The van der Waals surface area contributed by atoms with Crippen molar-refractivity contribution in [3.05, 3.63) is 36.0 Å². The highest BCUT2D eigenvalue weighted by atomic mass is 15.4. The van der Waals surface area contributed by atoms with Crippen molar-refractivity contribution in [3.63, 3.8) is 0 Å². The summed E-state index contributed by atoms with van der Waals surface area (Å²) in [6.45, 7) is 2.07. The second-order valence-electron chi connectivity index (χ2n) is 3.03. The molecule has 1 aromatic heterocycles. The lowest BCUT2D eigenvalue weighted by Crippen LogP contribution is -1.92. The quantitative estimate of drug-likeness (QED) is 0.658. The molecular weight excluding hydrogens is 162 g/mol. The Labute approximate surface area is 77.0 Å². The maximum atomic E-state index is 4.25. The summed E-state index contributed by atoms with van der Waals surface area (Å²) >= 11 is 0. The molecule has 66 valence electrons. The van der Waals surface area contributed by atoms with Gasteiger partial charge in [-0.2, -0.15) is 15.0 Å². The van der Waals surface area contributed by atoms with Gasteiger partial charge in [-0.05, 0) is 12.5 Å². The summed E-state index contributed by atoms with van der Waals surface area (Å²) in [7, 11) is 1.82. The summed E-state index contributed by atoms with van der Waals surface area (Å²) in [5.74, 6) is 0. The van der Waals surface area contributed by atoms with Crippen LogP contribution in [0.1, 0.15) is 5.56 Å². The van der Waals surface area contributed by atoms with Crippen LogP contribution in [-0.2, 0) is 7.05 Å². The minimum atomic E-state index is 0.931. The average Bonchev–Trinajstić information content (AvgIpc) is 2.53. The van der Waals surface area contributed by atoms with Crippen LogP contribution in [0, 0.1) is 6.92 Å². The third-order valence-corrected chi connectivity index (χ3v) is 2.02. The number of nitrogens with zero attached hydrogens (tertiary/aromatic N) is 3. The zero-order valence-corrected chi connectivity index (χ0v) is 7.73. The van der Waals surface area contributed by atoms with Gasteiger partial charge in [-0.1, -0.05) is 24.3 Å². The minimum Gasteiger partial charge on any atom is -0.187 e. The SMILES string of the molecule is Cc1ccccc1-c1cnn(C)n1. The monoisotopic (exact) mass is 173 g/mol. The number of hydrogen-bond acceptors (Lipinski definition) is 2. The van der Waals surface area contributed by atoms with E-state index in [1.54, 1.807) is 11.0 Å². The Morgan fingerprint density at radius 3 is 2.62 bits per heavy atom. The second-order valence-corrected chi connectivity index (χ2v) is 3.03. The van der Waals surface area contributed by atoms with Gasteiger partial charge in [0.1, 0.15) is 5.69 Å². The van der Waals surface area contributed by atoms with E-state index in [9.17, 15) is 0 Å². The van der Waals surface area contributed by atoms with Crippen molar-refractivity contribution in [3.8, 4) is 11.3 Å². The Balaban J connectivity index is 2.52. The highest BCUT2D eigenvalue weighted by molar-refractivity contribution is 5.61. The fraction of sp³-hybridized carbons (Fsp3) is 0.200.